The molecule has 0 saturated carbocycles. The third kappa shape index (κ3) is 3.36. The maximum atomic E-state index is 12.7. The number of fused-ring (bicyclic) bond motifs is 7. The van der Waals surface area contributed by atoms with Crippen molar-refractivity contribution in [2.75, 3.05) is 27.2 Å². The van der Waals surface area contributed by atoms with Gasteiger partial charge in [-0.25, -0.2) is 10.3 Å². The number of hydrazone groups is 1. The van der Waals surface area contributed by atoms with Gasteiger partial charge in [0.25, 0.3) is 5.91 Å². The Morgan fingerprint density at radius 1 is 1.23 bits per heavy atom. The second-order valence-corrected chi connectivity index (χ2v) is 9.83. The first-order valence-corrected chi connectivity index (χ1v) is 11.7. The Balaban J connectivity index is 1.17. The zero-order valence-electron chi connectivity index (χ0n) is 17.2. The van der Waals surface area contributed by atoms with E-state index in [0.717, 1.165) is 18.6 Å². The molecule has 5 unspecified atom stereocenters. The first-order chi connectivity index (χ1) is 14.7. The second-order valence-electron chi connectivity index (χ2n) is 8.82. The SMILES string of the molecule is CN1N=C(CONC(=O)[C@@H]2CCC3CN2C(=O)N3OS(=O)(=O)O)C2C1C1CCC2N1C. The number of nitrogens with zero attached hydrogens (tertiary/aromatic N) is 5. The molecule has 6 atom stereocenters. The van der Waals surface area contributed by atoms with Crippen molar-refractivity contribution in [1.29, 1.82) is 0 Å². The number of likely N-dealkylation sites (N-methyl/N-ethyl adjacent to an activating group) is 2. The molecule has 0 aromatic carbocycles. The molecule has 0 spiro atoms. The Hall–Kier alpha value is -2.00. The largest absolute Gasteiger partial charge is 0.418 e. The van der Waals surface area contributed by atoms with E-state index in [1.54, 1.807) is 0 Å². The van der Waals surface area contributed by atoms with E-state index in [9.17, 15) is 18.0 Å². The minimum Gasteiger partial charge on any atom is -0.309 e. The molecule has 5 heterocycles. The maximum Gasteiger partial charge on any atom is 0.418 e. The van der Waals surface area contributed by atoms with Crippen LogP contribution in [-0.2, 0) is 24.3 Å². The smallest absolute Gasteiger partial charge is 0.309 e. The monoisotopic (exact) mass is 458 g/mol. The Labute approximate surface area is 179 Å². The van der Waals surface area contributed by atoms with Gasteiger partial charge in [0, 0.05) is 31.6 Å². The fraction of sp³-hybridized carbons (Fsp3) is 0.824. The summed E-state index contributed by atoms with van der Waals surface area (Å²) in [7, 11) is -0.713. The maximum absolute atomic E-state index is 12.7. The van der Waals surface area contributed by atoms with Crippen LogP contribution in [0.15, 0.2) is 5.10 Å². The lowest BCUT2D eigenvalue weighted by Crippen LogP contribution is -2.50. The first-order valence-electron chi connectivity index (χ1n) is 10.4. The van der Waals surface area contributed by atoms with E-state index < -0.39 is 34.4 Å². The van der Waals surface area contributed by atoms with Crippen LogP contribution < -0.4 is 5.48 Å². The van der Waals surface area contributed by atoms with Crippen LogP contribution in [0, 0.1) is 5.92 Å². The Kier molecular flexibility index (Phi) is 4.89. The van der Waals surface area contributed by atoms with Crippen LogP contribution in [0.3, 0.4) is 0 Å². The van der Waals surface area contributed by atoms with Crippen molar-refractivity contribution in [2.24, 2.45) is 11.0 Å². The fourth-order valence-electron chi connectivity index (χ4n) is 6.02. The molecule has 4 fully saturated rings. The number of hydrogen-bond donors (Lipinski definition) is 2. The predicted molar refractivity (Wildman–Crippen MR) is 105 cm³/mol. The van der Waals surface area contributed by atoms with E-state index in [-0.39, 0.29) is 19.1 Å². The average molecular weight is 458 g/mol. The van der Waals surface area contributed by atoms with Crippen molar-refractivity contribution in [3.05, 3.63) is 0 Å². The van der Waals surface area contributed by atoms with E-state index in [0.29, 0.717) is 36.0 Å². The summed E-state index contributed by atoms with van der Waals surface area (Å²) in [6.07, 6.45) is 2.97. The van der Waals surface area contributed by atoms with E-state index in [1.165, 1.54) is 4.90 Å². The number of hydrogen-bond acceptors (Lipinski definition) is 9. The van der Waals surface area contributed by atoms with Gasteiger partial charge in [-0.1, -0.05) is 0 Å². The normalized spacial score (nSPS) is 36.9. The molecule has 2 N–H and O–H groups in total. The van der Waals surface area contributed by atoms with Crippen LogP contribution in [-0.4, -0.2) is 108 Å². The highest BCUT2D eigenvalue weighted by atomic mass is 32.3. The molecular weight excluding hydrogens is 432 g/mol. The number of nitrogens with one attached hydrogen (secondary N) is 1. The van der Waals surface area contributed by atoms with Gasteiger partial charge in [-0.2, -0.15) is 18.6 Å². The lowest BCUT2D eigenvalue weighted by molar-refractivity contribution is -0.137. The van der Waals surface area contributed by atoms with E-state index in [1.807, 2.05) is 12.1 Å². The lowest BCUT2D eigenvalue weighted by Gasteiger charge is -2.29. The van der Waals surface area contributed by atoms with Gasteiger partial charge in [-0.15, -0.1) is 4.28 Å². The summed E-state index contributed by atoms with van der Waals surface area (Å²) in [4.78, 5) is 34.2. The van der Waals surface area contributed by atoms with Gasteiger partial charge in [0.1, 0.15) is 12.6 Å². The second kappa shape index (κ2) is 7.27. The number of urea groups is 1. The highest BCUT2D eigenvalue weighted by molar-refractivity contribution is 7.80. The summed E-state index contributed by atoms with van der Waals surface area (Å²) in [5, 5.41) is 7.24. The van der Waals surface area contributed by atoms with Gasteiger partial charge in [-0.05, 0) is 32.7 Å². The molecule has 172 valence electrons. The van der Waals surface area contributed by atoms with Crippen molar-refractivity contribution in [3.63, 3.8) is 0 Å². The molecule has 0 radical (unpaired) electrons. The molecule has 5 aliphatic rings. The predicted octanol–water partition coefficient (Wildman–Crippen LogP) is -1.20. The highest BCUT2D eigenvalue weighted by Gasteiger charge is 2.57. The molecule has 31 heavy (non-hydrogen) atoms. The third-order valence-corrected chi connectivity index (χ3v) is 7.63. The Morgan fingerprint density at radius 2 is 1.97 bits per heavy atom. The summed E-state index contributed by atoms with van der Waals surface area (Å²) in [6, 6.07) is -0.883. The number of hydroxylamine groups is 3. The zero-order chi connectivity index (χ0) is 22.1. The number of piperidine rings is 1. The molecular formula is C17H26N6O7S. The number of carbonyl (C=O) groups is 2. The standard InChI is InChI=1S/C17H26N6O7S/c1-20-11-5-6-12(20)15-14(11)10(18-21(15)2)8-29-19-16(24)13-4-3-9-7-22(13)17(25)23(9)30-31(26,27)28/h9,11-15H,3-8H2,1-2H3,(H,19,24)(H,26,27,28)/t9?,11?,12?,13-,14?,15?/m0/s1. The fourth-order valence-corrected chi connectivity index (χ4v) is 6.41. The molecule has 14 heteroatoms. The Morgan fingerprint density at radius 3 is 2.71 bits per heavy atom. The number of rotatable bonds is 6. The highest BCUT2D eigenvalue weighted by Crippen LogP contribution is 2.46. The summed E-state index contributed by atoms with van der Waals surface area (Å²) in [5.41, 5.74) is 3.33. The minimum absolute atomic E-state index is 0.128. The van der Waals surface area contributed by atoms with Gasteiger partial charge < -0.3 is 4.90 Å². The average Bonchev–Trinajstić information content (AvgIpc) is 3.38. The lowest BCUT2D eigenvalue weighted by atomic mass is 9.82. The van der Waals surface area contributed by atoms with Crippen molar-refractivity contribution in [2.45, 2.75) is 55.9 Å². The molecule has 0 aromatic rings. The van der Waals surface area contributed by atoms with Crippen molar-refractivity contribution >= 4 is 28.0 Å². The van der Waals surface area contributed by atoms with Crippen LogP contribution >= 0.6 is 0 Å². The molecule has 4 saturated heterocycles. The van der Waals surface area contributed by atoms with Crippen molar-refractivity contribution < 1.29 is 31.7 Å². The van der Waals surface area contributed by atoms with Crippen molar-refractivity contribution in [1.82, 2.24) is 25.4 Å². The zero-order valence-corrected chi connectivity index (χ0v) is 18.1. The first kappa shape index (κ1) is 20.9. The van der Waals surface area contributed by atoms with E-state index in [2.05, 4.69) is 26.8 Å². The van der Waals surface area contributed by atoms with Gasteiger partial charge in [0.2, 0.25) is 0 Å². The molecule has 3 amide bonds. The number of carbonyl (C=O) groups excluding carboxylic acids is 2. The summed E-state index contributed by atoms with van der Waals surface area (Å²) in [5.74, 6) is -0.207. The number of amides is 3. The third-order valence-electron chi connectivity index (χ3n) is 7.28. The quantitative estimate of drug-likeness (QED) is 0.370. The summed E-state index contributed by atoms with van der Waals surface area (Å²) in [6.45, 7) is 0.290. The summed E-state index contributed by atoms with van der Waals surface area (Å²) < 4.78 is 35.2. The van der Waals surface area contributed by atoms with Crippen LogP contribution in [0.2, 0.25) is 0 Å². The topological polar surface area (TPSA) is 144 Å². The molecule has 5 rings (SSSR count). The minimum atomic E-state index is -4.83. The molecule has 13 nitrogen and oxygen atoms in total. The Bertz CT molecular complexity index is 928. The van der Waals surface area contributed by atoms with E-state index in [4.69, 9.17) is 9.39 Å². The van der Waals surface area contributed by atoms with Gasteiger partial charge in [0.05, 0.1) is 17.8 Å². The van der Waals surface area contributed by atoms with Crippen LogP contribution in [0.25, 0.3) is 0 Å². The van der Waals surface area contributed by atoms with Crippen molar-refractivity contribution in [3.8, 4) is 0 Å². The van der Waals surface area contributed by atoms with Gasteiger partial charge >= 0.3 is 16.4 Å². The molecule has 0 aliphatic carbocycles. The summed E-state index contributed by atoms with van der Waals surface area (Å²) >= 11 is 0. The molecule has 5 aliphatic heterocycles. The van der Waals surface area contributed by atoms with Gasteiger partial charge in [0.15, 0.2) is 0 Å². The van der Waals surface area contributed by atoms with Crippen LogP contribution in [0.4, 0.5) is 4.79 Å². The molecule has 0 aromatic heterocycles. The van der Waals surface area contributed by atoms with E-state index >= 15 is 0 Å². The van der Waals surface area contributed by atoms with Gasteiger partial charge in [-0.3, -0.25) is 24.1 Å². The van der Waals surface area contributed by atoms with Crippen LogP contribution in [0.5, 0.6) is 0 Å². The van der Waals surface area contributed by atoms with Crippen LogP contribution in [0.1, 0.15) is 25.7 Å². The molecule has 4 bridgehead atoms.